The third kappa shape index (κ3) is 10.8. The lowest BCUT2D eigenvalue weighted by atomic mass is 9.84. The normalized spacial score (nSPS) is 23.6. The van der Waals surface area contributed by atoms with E-state index < -0.39 is 59.4 Å². The average Bonchev–Trinajstić information content (AvgIpc) is 3.04. The first-order valence-corrected chi connectivity index (χ1v) is 16.7. The molecule has 3 N–H and O–H groups in total. The Labute approximate surface area is 288 Å². The zero-order valence-electron chi connectivity index (χ0n) is 28.8. The number of cyclic esters (lactones) is 2. The largest absolute Gasteiger partial charge is 0.495 e. The smallest absolute Gasteiger partial charge is 0.347 e. The van der Waals surface area contributed by atoms with Crippen molar-refractivity contribution >= 4 is 35.4 Å². The predicted molar refractivity (Wildman–Crippen MR) is 183 cm³/mol. The van der Waals surface area contributed by atoms with Crippen LogP contribution < -0.4 is 15.4 Å². The van der Waals surface area contributed by atoms with Crippen LogP contribution in [0.3, 0.4) is 0 Å². The van der Waals surface area contributed by atoms with Crippen LogP contribution in [0.4, 0.5) is 0 Å². The molecular weight excluding hydrogens is 636 g/mol. The molecule has 10 nitrogen and oxygen atoms in total. The number of amides is 2. The van der Waals surface area contributed by atoms with Gasteiger partial charge in [-0.2, -0.15) is 0 Å². The summed E-state index contributed by atoms with van der Waals surface area (Å²) in [6, 6.07) is 13.6. The highest BCUT2D eigenvalue weighted by Gasteiger charge is 2.38. The van der Waals surface area contributed by atoms with Crippen molar-refractivity contribution in [3.05, 3.63) is 76.8 Å². The molecule has 0 radical (unpaired) electrons. The molecule has 0 saturated heterocycles. The minimum absolute atomic E-state index is 0.0147. The zero-order chi connectivity index (χ0) is 35.6. The first-order valence-electron chi connectivity index (χ1n) is 16.3. The number of ether oxygens (including phenoxy) is 3. The highest BCUT2D eigenvalue weighted by molar-refractivity contribution is 6.32. The molecular formula is C37H49ClN2O8. The number of rotatable bonds is 9. The standard InChI is InChI=1S/C37H49ClN2O8/c1-22(2)18-31-35(44)47-29(24(4)33(42)23(3)26-12-9-8-10-13-26)14-11-15-32(41)40-28(20-25-16-17-30(46-7)27(38)19-25)34(43)39-21-37(5,6)36(45)48-31/h8-13,15-17,19,22-24,28-29,31,33,42H,14,18,20-21H2,1-7H3,(H,39,43)(H,40,41)/b15-11+/t23-,24-,28+,29-,31-,33-/m0/s1. The molecule has 0 unspecified atom stereocenters. The Morgan fingerprint density at radius 1 is 1.02 bits per heavy atom. The van der Waals surface area contributed by atoms with Crippen molar-refractivity contribution in [2.24, 2.45) is 17.3 Å². The number of aliphatic hydroxyl groups excluding tert-OH is 1. The molecule has 1 heterocycles. The molecule has 2 aromatic rings. The van der Waals surface area contributed by atoms with E-state index in [1.54, 1.807) is 45.0 Å². The second kappa shape index (κ2) is 17.5. The zero-order valence-corrected chi connectivity index (χ0v) is 29.6. The number of halogens is 1. The highest BCUT2D eigenvalue weighted by Crippen LogP contribution is 2.30. The van der Waals surface area contributed by atoms with Gasteiger partial charge in [0.2, 0.25) is 11.8 Å². The van der Waals surface area contributed by atoms with Gasteiger partial charge in [0.15, 0.2) is 6.10 Å². The summed E-state index contributed by atoms with van der Waals surface area (Å²) in [5, 5.41) is 17.3. The lowest BCUT2D eigenvalue weighted by molar-refractivity contribution is -0.180. The van der Waals surface area contributed by atoms with Crippen LogP contribution in [0.15, 0.2) is 60.7 Å². The molecule has 3 rings (SSSR count). The Bertz CT molecular complexity index is 1440. The van der Waals surface area contributed by atoms with Crippen molar-refractivity contribution < 1.29 is 38.5 Å². The highest BCUT2D eigenvalue weighted by atomic mass is 35.5. The molecule has 6 atom stereocenters. The van der Waals surface area contributed by atoms with E-state index in [0.29, 0.717) is 16.3 Å². The first-order chi connectivity index (χ1) is 22.6. The maximum atomic E-state index is 13.6. The van der Waals surface area contributed by atoms with Crippen molar-refractivity contribution in [3.63, 3.8) is 0 Å². The fraction of sp³-hybridized carbons (Fsp3) is 0.514. The number of aliphatic hydroxyl groups is 1. The molecule has 0 bridgehead atoms. The van der Waals surface area contributed by atoms with E-state index >= 15 is 0 Å². The van der Waals surface area contributed by atoms with Gasteiger partial charge in [-0.25, -0.2) is 4.79 Å². The Kier molecular flexibility index (Phi) is 14.0. The number of esters is 2. The number of hydrogen-bond donors (Lipinski definition) is 3. The summed E-state index contributed by atoms with van der Waals surface area (Å²) in [4.78, 5) is 53.6. The van der Waals surface area contributed by atoms with Crippen molar-refractivity contribution in [1.29, 1.82) is 0 Å². The minimum Gasteiger partial charge on any atom is -0.495 e. The average molecular weight is 685 g/mol. The summed E-state index contributed by atoms with van der Waals surface area (Å²) in [5.41, 5.74) is 0.369. The van der Waals surface area contributed by atoms with Crippen LogP contribution in [-0.4, -0.2) is 66.9 Å². The van der Waals surface area contributed by atoms with Gasteiger partial charge in [0.1, 0.15) is 17.9 Å². The Balaban J connectivity index is 1.96. The fourth-order valence-electron chi connectivity index (χ4n) is 5.45. The SMILES string of the molecule is COc1ccc(C[C@H]2NC(=O)/C=C/C[C@@H]([C@H](C)[C@@H](O)[C@@H](C)c3ccccc3)OC(=O)[C@H](CC(C)C)OC(=O)C(C)(C)CNC2=O)cc1Cl. The van der Waals surface area contributed by atoms with Crippen molar-refractivity contribution in [3.8, 4) is 5.75 Å². The van der Waals surface area contributed by atoms with Crippen LogP contribution in [0.2, 0.25) is 5.02 Å². The molecule has 2 aromatic carbocycles. The molecule has 11 heteroatoms. The van der Waals surface area contributed by atoms with Crippen molar-refractivity contribution in [1.82, 2.24) is 10.6 Å². The summed E-state index contributed by atoms with van der Waals surface area (Å²) in [7, 11) is 1.50. The summed E-state index contributed by atoms with van der Waals surface area (Å²) in [6.45, 7) is 10.5. The molecule has 0 saturated carbocycles. The molecule has 2 amide bonds. The van der Waals surface area contributed by atoms with Crippen LogP contribution >= 0.6 is 11.6 Å². The van der Waals surface area contributed by atoms with Gasteiger partial charge in [0.25, 0.3) is 0 Å². The van der Waals surface area contributed by atoms with Crippen LogP contribution in [0, 0.1) is 17.3 Å². The fourth-order valence-corrected chi connectivity index (χ4v) is 5.73. The summed E-state index contributed by atoms with van der Waals surface area (Å²) in [5.74, 6) is -2.89. The number of methoxy groups -OCH3 is 1. The second-order valence-electron chi connectivity index (χ2n) is 13.5. The van der Waals surface area contributed by atoms with Gasteiger partial charge < -0.3 is 30.0 Å². The summed E-state index contributed by atoms with van der Waals surface area (Å²) in [6.07, 6.45) is 0.241. The van der Waals surface area contributed by atoms with E-state index in [2.05, 4.69) is 10.6 Å². The summed E-state index contributed by atoms with van der Waals surface area (Å²) >= 11 is 6.31. The molecule has 1 aliphatic rings. The van der Waals surface area contributed by atoms with Gasteiger partial charge in [-0.1, -0.05) is 81.8 Å². The number of benzene rings is 2. The molecule has 0 aliphatic carbocycles. The lowest BCUT2D eigenvalue weighted by Gasteiger charge is -2.33. The predicted octanol–water partition coefficient (Wildman–Crippen LogP) is 5.15. The van der Waals surface area contributed by atoms with Gasteiger partial charge in [0, 0.05) is 31.2 Å². The number of nitrogens with one attached hydrogen (secondary N) is 2. The summed E-state index contributed by atoms with van der Waals surface area (Å²) < 4.78 is 17.0. The van der Waals surface area contributed by atoms with Gasteiger partial charge in [-0.15, -0.1) is 0 Å². The number of hydrogen-bond acceptors (Lipinski definition) is 8. The van der Waals surface area contributed by atoms with Crippen molar-refractivity contribution in [2.45, 2.75) is 91.1 Å². The van der Waals surface area contributed by atoms with E-state index in [1.165, 1.54) is 13.2 Å². The van der Waals surface area contributed by atoms with Gasteiger partial charge in [-0.3, -0.25) is 14.4 Å². The van der Waals surface area contributed by atoms with Gasteiger partial charge >= 0.3 is 11.9 Å². The second-order valence-corrected chi connectivity index (χ2v) is 13.9. The topological polar surface area (TPSA) is 140 Å². The molecule has 262 valence electrons. The third-order valence-corrected chi connectivity index (χ3v) is 8.91. The minimum atomic E-state index is -1.23. The van der Waals surface area contributed by atoms with Crippen LogP contribution in [0.25, 0.3) is 0 Å². The van der Waals surface area contributed by atoms with E-state index in [9.17, 15) is 24.3 Å². The van der Waals surface area contributed by atoms with E-state index in [1.807, 2.05) is 51.1 Å². The Morgan fingerprint density at radius 3 is 2.33 bits per heavy atom. The monoisotopic (exact) mass is 684 g/mol. The van der Waals surface area contributed by atoms with Crippen molar-refractivity contribution in [2.75, 3.05) is 13.7 Å². The maximum Gasteiger partial charge on any atom is 0.347 e. The number of carbonyl (C=O) groups excluding carboxylic acids is 4. The first kappa shape index (κ1) is 38.6. The van der Waals surface area contributed by atoms with Gasteiger partial charge in [-0.05, 0) is 55.5 Å². The van der Waals surface area contributed by atoms with Gasteiger partial charge in [0.05, 0.1) is 23.7 Å². The molecule has 1 aliphatic heterocycles. The van der Waals surface area contributed by atoms with Crippen LogP contribution in [-0.2, 0) is 35.1 Å². The Hall–Kier alpha value is -3.89. The molecule has 0 aromatic heterocycles. The van der Waals surface area contributed by atoms with E-state index in [0.717, 1.165) is 5.56 Å². The number of carbonyl (C=O) groups is 4. The third-order valence-electron chi connectivity index (χ3n) is 8.61. The van der Waals surface area contributed by atoms with Crippen LogP contribution in [0.1, 0.15) is 71.4 Å². The molecule has 48 heavy (non-hydrogen) atoms. The quantitative estimate of drug-likeness (QED) is 0.308. The lowest BCUT2D eigenvalue weighted by Crippen LogP contribution is -2.51. The van der Waals surface area contributed by atoms with Crippen LogP contribution in [0.5, 0.6) is 5.75 Å². The molecule has 0 fully saturated rings. The van der Waals surface area contributed by atoms with E-state index in [-0.39, 0.29) is 37.6 Å². The molecule has 0 spiro atoms. The Morgan fingerprint density at radius 2 is 1.71 bits per heavy atom. The van der Waals surface area contributed by atoms with E-state index in [4.69, 9.17) is 25.8 Å². The maximum absolute atomic E-state index is 13.6.